The fourth-order valence-electron chi connectivity index (χ4n) is 3.60. The molecule has 0 aromatic carbocycles. The highest BCUT2D eigenvalue weighted by molar-refractivity contribution is 4.87. The molecule has 0 spiro atoms. The van der Waals surface area contributed by atoms with Crippen molar-refractivity contribution in [2.75, 3.05) is 7.05 Å². The van der Waals surface area contributed by atoms with Crippen LogP contribution in [0.3, 0.4) is 0 Å². The molecule has 0 heterocycles. The van der Waals surface area contributed by atoms with E-state index in [9.17, 15) is 5.11 Å². The summed E-state index contributed by atoms with van der Waals surface area (Å²) < 4.78 is 0. The van der Waals surface area contributed by atoms with Gasteiger partial charge in [0.1, 0.15) is 0 Å². The number of rotatable bonds is 2. The maximum absolute atomic E-state index is 9.82. The average molecular weight is 225 g/mol. The number of aliphatic hydroxyl groups is 1. The Kier molecular flexibility index (Phi) is 4.26. The second-order valence-electron chi connectivity index (χ2n) is 5.97. The molecule has 0 saturated heterocycles. The maximum Gasteiger partial charge on any atom is 0.0555 e. The molecule has 2 fully saturated rings. The Morgan fingerprint density at radius 2 is 1.69 bits per heavy atom. The van der Waals surface area contributed by atoms with Crippen LogP contribution in [0, 0.1) is 5.92 Å². The summed E-state index contributed by atoms with van der Waals surface area (Å²) in [7, 11) is 2.29. The molecule has 2 aliphatic carbocycles. The predicted molar refractivity (Wildman–Crippen MR) is 67.4 cm³/mol. The van der Waals surface area contributed by atoms with Crippen molar-refractivity contribution >= 4 is 0 Å². The average Bonchev–Trinajstić information content (AvgIpc) is 2.32. The molecule has 3 atom stereocenters. The molecule has 94 valence electrons. The van der Waals surface area contributed by atoms with Crippen LogP contribution in [0.4, 0.5) is 0 Å². The first-order valence-corrected chi connectivity index (χ1v) is 7.08. The summed E-state index contributed by atoms with van der Waals surface area (Å²) in [6, 6.07) is 1.40. The highest BCUT2D eigenvalue weighted by Crippen LogP contribution is 2.32. The molecular formula is C14H27NO. The lowest BCUT2D eigenvalue weighted by molar-refractivity contribution is 0.0178. The minimum atomic E-state index is -0.0489. The second-order valence-corrected chi connectivity index (χ2v) is 5.97. The van der Waals surface area contributed by atoms with E-state index in [1.807, 2.05) is 0 Å². The van der Waals surface area contributed by atoms with Gasteiger partial charge in [-0.2, -0.15) is 0 Å². The molecule has 0 amide bonds. The lowest BCUT2D eigenvalue weighted by Crippen LogP contribution is -2.48. The smallest absolute Gasteiger partial charge is 0.0555 e. The third-order valence-electron chi connectivity index (χ3n) is 4.80. The van der Waals surface area contributed by atoms with Crippen LogP contribution >= 0.6 is 0 Å². The van der Waals surface area contributed by atoms with Crippen LogP contribution in [0.2, 0.25) is 0 Å². The molecule has 2 saturated carbocycles. The Morgan fingerprint density at radius 3 is 2.38 bits per heavy atom. The summed E-state index contributed by atoms with van der Waals surface area (Å²) in [5.41, 5.74) is 0. The van der Waals surface area contributed by atoms with Gasteiger partial charge in [-0.1, -0.05) is 26.2 Å². The molecule has 3 unspecified atom stereocenters. The zero-order valence-corrected chi connectivity index (χ0v) is 10.9. The van der Waals surface area contributed by atoms with E-state index in [4.69, 9.17) is 0 Å². The van der Waals surface area contributed by atoms with Crippen LogP contribution in [0.5, 0.6) is 0 Å². The van der Waals surface area contributed by atoms with Crippen molar-refractivity contribution in [2.24, 2.45) is 5.92 Å². The number of hydrogen-bond acceptors (Lipinski definition) is 2. The summed E-state index contributed by atoms with van der Waals surface area (Å²) in [4.78, 5) is 2.59. The van der Waals surface area contributed by atoms with Crippen LogP contribution in [0.25, 0.3) is 0 Å². The van der Waals surface area contributed by atoms with Gasteiger partial charge in [0, 0.05) is 12.1 Å². The van der Waals surface area contributed by atoms with Crippen molar-refractivity contribution in [3.8, 4) is 0 Å². The molecule has 0 aromatic rings. The van der Waals surface area contributed by atoms with Crippen LogP contribution < -0.4 is 0 Å². The summed E-state index contributed by atoms with van der Waals surface area (Å²) >= 11 is 0. The zero-order chi connectivity index (χ0) is 11.5. The molecule has 0 aliphatic heterocycles. The lowest BCUT2D eigenvalue weighted by atomic mass is 9.81. The molecule has 16 heavy (non-hydrogen) atoms. The van der Waals surface area contributed by atoms with Gasteiger partial charge in [-0.3, -0.25) is 0 Å². The fraction of sp³-hybridized carbons (Fsp3) is 1.00. The third-order valence-corrected chi connectivity index (χ3v) is 4.80. The van der Waals surface area contributed by atoms with E-state index in [1.165, 1.54) is 38.5 Å². The van der Waals surface area contributed by atoms with E-state index >= 15 is 0 Å². The van der Waals surface area contributed by atoms with E-state index < -0.39 is 0 Å². The first-order chi connectivity index (χ1) is 7.68. The van der Waals surface area contributed by atoms with E-state index in [-0.39, 0.29) is 6.10 Å². The van der Waals surface area contributed by atoms with E-state index in [0.29, 0.717) is 6.04 Å². The Bertz CT molecular complexity index is 213. The largest absolute Gasteiger partial charge is 0.393 e. The van der Waals surface area contributed by atoms with Gasteiger partial charge < -0.3 is 10.0 Å². The number of aliphatic hydroxyl groups excluding tert-OH is 1. The minimum absolute atomic E-state index is 0.0489. The normalized spacial score (nSPS) is 37.9. The highest BCUT2D eigenvalue weighted by Gasteiger charge is 2.32. The summed E-state index contributed by atoms with van der Waals surface area (Å²) in [5.74, 6) is 0.760. The lowest BCUT2D eigenvalue weighted by Gasteiger charge is -2.43. The quantitative estimate of drug-likeness (QED) is 0.781. The highest BCUT2D eigenvalue weighted by atomic mass is 16.3. The van der Waals surface area contributed by atoms with E-state index in [2.05, 4.69) is 18.9 Å². The van der Waals surface area contributed by atoms with Crippen molar-refractivity contribution in [2.45, 2.75) is 76.5 Å². The third kappa shape index (κ3) is 2.78. The van der Waals surface area contributed by atoms with Crippen LogP contribution in [-0.4, -0.2) is 35.2 Å². The monoisotopic (exact) mass is 225 g/mol. The SMILES string of the molecule is CC1CCC(O)CC1N(C)C1CCCCC1. The first-order valence-electron chi connectivity index (χ1n) is 7.08. The van der Waals surface area contributed by atoms with Gasteiger partial charge in [0.15, 0.2) is 0 Å². The first kappa shape index (κ1) is 12.4. The van der Waals surface area contributed by atoms with Gasteiger partial charge in [0.25, 0.3) is 0 Å². The minimum Gasteiger partial charge on any atom is -0.393 e. The van der Waals surface area contributed by atoms with Crippen molar-refractivity contribution in [1.29, 1.82) is 0 Å². The molecule has 2 rings (SSSR count). The molecule has 2 nitrogen and oxygen atoms in total. The molecule has 2 aliphatic rings. The van der Waals surface area contributed by atoms with Crippen molar-refractivity contribution < 1.29 is 5.11 Å². The van der Waals surface area contributed by atoms with Gasteiger partial charge in [-0.15, -0.1) is 0 Å². The maximum atomic E-state index is 9.82. The zero-order valence-electron chi connectivity index (χ0n) is 10.9. The molecular weight excluding hydrogens is 198 g/mol. The predicted octanol–water partition coefficient (Wildman–Crippen LogP) is 2.80. The number of nitrogens with zero attached hydrogens (tertiary/aromatic N) is 1. The molecule has 2 heteroatoms. The summed E-state index contributed by atoms with van der Waals surface area (Å²) in [6.07, 6.45) is 10.1. The molecule has 1 N–H and O–H groups in total. The van der Waals surface area contributed by atoms with Gasteiger partial charge >= 0.3 is 0 Å². The van der Waals surface area contributed by atoms with Gasteiger partial charge in [0.2, 0.25) is 0 Å². The van der Waals surface area contributed by atoms with Crippen LogP contribution in [0.15, 0.2) is 0 Å². The van der Waals surface area contributed by atoms with E-state index in [0.717, 1.165) is 24.8 Å². The Labute approximate surface area is 100 Å². The van der Waals surface area contributed by atoms with Gasteiger partial charge in [-0.05, 0) is 45.1 Å². The van der Waals surface area contributed by atoms with Gasteiger partial charge in [0.05, 0.1) is 6.10 Å². The Morgan fingerprint density at radius 1 is 1.00 bits per heavy atom. The molecule has 0 aromatic heterocycles. The topological polar surface area (TPSA) is 23.5 Å². The van der Waals surface area contributed by atoms with E-state index in [1.54, 1.807) is 0 Å². The van der Waals surface area contributed by atoms with Gasteiger partial charge in [-0.25, -0.2) is 0 Å². The summed E-state index contributed by atoms with van der Waals surface area (Å²) in [5, 5.41) is 9.82. The summed E-state index contributed by atoms with van der Waals surface area (Å²) in [6.45, 7) is 2.36. The van der Waals surface area contributed by atoms with Crippen molar-refractivity contribution in [3.05, 3.63) is 0 Å². The molecule has 0 radical (unpaired) electrons. The Balaban J connectivity index is 1.93. The molecule has 0 bridgehead atoms. The Hall–Kier alpha value is -0.0800. The standard InChI is InChI=1S/C14H27NO/c1-11-8-9-13(16)10-14(11)15(2)12-6-4-3-5-7-12/h11-14,16H,3-10H2,1-2H3. The second kappa shape index (κ2) is 5.50. The number of hydrogen-bond donors (Lipinski definition) is 1. The van der Waals surface area contributed by atoms with Crippen molar-refractivity contribution in [1.82, 2.24) is 4.90 Å². The van der Waals surface area contributed by atoms with Crippen LogP contribution in [-0.2, 0) is 0 Å². The van der Waals surface area contributed by atoms with Crippen LogP contribution in [0.1, 0.15) is 58.3 Å². The van der Waals surface area contributed by atoms with Crippen molar-refractivity contribution in [3.63, 3.8) is 0 Å². The fourth-order valence-corrected chi connectivity index (χ4v) is 3.60.